The minimum Gasteiger partial charge on any atom is -0.486 e. The van der Waals surface area contributed by atoms with Gasteiger partial charge in [0, 0.05) is 36.1 Å². The Kier molecular flexibility index (Phi) is 8.69. The third-order valence-corrected chi connectivity index (χ3v) is 5.42. The van der Waals surface area contributed by atoms with Crippen LogP contribution in [0.1, 0.15) is 6.42 Å². The van der Waals surface area contributed by atoms with Gasteiger partial charge in [-0.15, -0.1) is 24.8 Å². The molecule has 1 aromatic carbocycles. The number of aromatic nitrogens is 1. The predicted molar refractivity (Wildman–Crippen MR) is 118 cm³/mol. The molecule has 4 rings (SSSR count). The number of rotatable bonds is 4. The van der Waals surface area contributed by atoms with E-state index in [0.717, 1.165) is 40.8 Å². The van der Waals surface area contributed by atoms with Gasteiger partial charge in [0.2, 0.25) is 5.91 Å². The van der Waals surface area contributed by atoms with Gasteiger partial charge in [-0.3, -0.25) is 4.79 Å². The van der Waals surface area contributed by atoms with Crippen molar-refractivity contribution in [2.75, 3.05) is 36.6 Å². The summed E-state index contributed by atoms with van der Waals surface area (Å²) in [5, 5.41) is 6.28. The Labute approximate surface area is 181 Å². The Hall–Kier alpha value is -1.67. The first-order valence-corrected chi connectivity index (χ1v) is 9.91. The van der Waals surface area contributed by atoms with E-state index in [9.17, 15) is 4.79 Å². The Morgan fingerprint density at radius 2 is 2.00 bits per heavy atom. The highest BCUT2D eigenvalue weighted by Gasteiger charge is 2.17. The van der Waals surface area contributed by atoms with Gasteiger partial charge in [0.1, 0.15) is 19.0 Å². The first-order valence-electron chi connectivity index (χ1n) is 8.76. The second-order valence-electron chi connectivity index (χ2n) is 6.24. The number of carbonyl (C=O) groups is 1. The van der Waals surface area contributed by atoms with Crippen molar-refractivity contribution in [3.05, 3.63) is 36.4 Å². The molecule has 0 radical (unpaired) electrons. The molecule has 2 N–H and O–H groups in total. The summed E-state index contributed by atoms with van der Waals surface area (Å²) in [6, 6.07) is 11.6. The van der Waals surface area contributed by atoms with Gasteiger partial charge in [0.05, 0.1) is 5.69 Å². The van der Waals surface area contributed by atoms with Gasteiger partial charge < -0.3 is 20.1 Å². The van der Waals surface area contributed by atoms with Crippen LogP contribution < -0.4 is 20.1 Å². The van der Waals surface area contributed by atoms with Gasteiger partial charge in [-0.2, -0.15) is 11.8 Å². The molecule has 1 amide bonds. The maximum Gasteiger partial charge on any atom is 0.227 e. The van der Waals surface area contributed by atoms with Gasteiger partial charge in [0.25, 0.3) is 0 Å². The summed E-state index contributed by atoms with van der Waals surface area (Å²) in [5.74, 6) is 4.10. The fourth-order valence-corrected chi connectivity index (χ4v) is 3.99. The largest absolute Gasteiger partial charge is 0.486 e. The number of thioether (sulfide) groups is 1. The first kappa shape index (κ1) is 22.6. The van der Waals surface area contributed by atoms with Crippen molar-refractivity contribution in [1.82, 2.24) is 10.3 Å². The minimum absolute atomic E-state index is 0. The molecule has 1 unspecified atom stereocenters. The molecule has 3 heterocycles. The summed E-state index contributed by atoms with van der Waals surface area (Å²) >= 11 is 1.88. The van der Waals surface area contributed by atoms with E-state index in [4.69, 9.17) is 9.47 Å². The highest BCUT2D eigenvalue weighted by atomic mass is 35.5. The molecule has 2 aliphatic rings. The first-order chi connectivity index (χ1) is 12.8. The van der Waals surface area contributed by atoms with E-state index in [1.54, 1.807) is 0 Å². The fourth-order valence-electron chi connectivity index (χ4n) is 3.04. The molecule has 0 bridgehead atoms. The van der Waals surface area contributed by atoms with Crippen LogP contribution in [0.3, 0.4) is 0 Å². The number of halogens is 2. The van der Waals surface area contributed by atoms with Crippen molar-refractivity contribution < 1.29 is 14.3 Å². The van der Waals surface area contributed by atoms with E-state index in [2.05, 4.69) is 15.6 Å². The van der Waals surface area contributed by atoms with Gasteiger partial charge in [-0.1, -0.05) is 6.07 Å². The standard InChI is InChI=1S/C19H21N3O3S.2ClH/c23-19(11-14-12-26-9-6-20-14)22-18-3-1-2-15(21-18)13-4-5-16-17(10-13)25-8-7-24-16;;/h1-5,10,14,20H,6-9,11-12H2,(H,21,22,23);2*1H. The van der Waals surface area contributed by atoms with Crippen LogP contribution in [0.5, 0.6) is 11.5 Å². The molecule has 2 aromatic rings. The average molecular weight is 444 g/mol. The lowest BCUT2D eigenvalue weighted by molar-refractivity contribution is -0.116. The van der Waals surface area contributed by atoms with Gasteiger partial charge in [0.15, 0.2) is 11.5 Å². The quantitative estimate of drug-likeness (QED) is 0.754. The van der Waals surface area contributed by atoms with Crippen LogP contribution in [0, 0.1) is 0 Å². The lowest BCUT2D eigenvalue weighted by Gasteiger charge is -2.22. The zero-order valence-corrected chi connectivity index (χ0v) is 17.6. The number of pyridine rings is 1. The molecular weight excluding hydrogens is 421 g/mol. The van der Waals surface area contributed by atoms with Crippen LogP contribution in [-0.2, 0) is 4.79 Å². The predicted octanol–water partition coefficient (Wildman–Crippen LogP) is 3.40. The third kappa shape index (κ3) is 5.67. The lowest BCUT2D eigenvalue weighted by Crippen LogP contribution is -2.39. The topological polar surface area (TPSA) is 72.5 Å². The van der Waals surface area contributed by atoms with E-state index < -0.39 is 0 Å². The van der Waals surface area contributed by atoms with Crippen LogP contribution >= 0.6 is 36.6 Å². The molecule has 28 heavy (non-hydrogen) atoms. The molecular formula is C19H23Cl2N3O3S. The van der Waals surface area contributed by atoms with Gasteiger partial charge >= 0.3 is 0 Å². The second kappa shape index (κ2) is 10.8. The number of hydrogen-bond acceptors (Lipinski definition) is 6. The van der Waals surface area contributed by atoms with E-state index in [0.29, 0.717) is 25.5 Å². The van der Waals surface area contributed by atoms with Gasteiger partial charge in [-0.25, -0.2) is 4.98 Å². The van der Waals surface area contributed by atoms with E-state index in [1.165, 1.54) is 0 Å². The Balaban J connectivity index is 0.00000140. The van der Waals surface area contributed by atoms with Crippen LogP contribution in [0.2, 0.25) is 0 Å². The monoisotopic (exact) mass is 443 g/mol. The molecule has 9 heteroatoms. The Bertz CT molecular complexity index is 804. The molecule has 1 atom stereocenters. The summed E-state index contributed by atoms with van der Waals surface area (Å²) in [7, 11) is 0. The highest BCUT2D eigenvalue weighted by Crippen LogP contribution is 2.34. The normalized spacial score (nSPS) is 17.6. The van der Waals surface area contributed by atoms with Crippen molar-refractivity contribution in [3.63, 3.8) is 0 Å². The summed E-state index contributed by atoms with van der Waals surface area (Å²) < 4.78 is 11.2. The minimum atomic E-state index is -0.0168. The summed E-state index contributed by atoms with van der Waals surface area (Å²) in [5.41, 5.74) is 1.71. The molecule has 0 spiro atoms. The number of carbonyl (C=O) groups excluding carboxylic acids is 1. The molecule has 2 aliphatic heterocycles. The molecule has 152 valence electrons. The zero-order chi connectivity index (χ0) is 17.8. The van der Waals surface area contributed by atoms with Crippen molar-refractivity contribution >= 4 is 48.3 Å². The fraction of sp³-hybridized carbons (Fsp3) is 0.368. The maximum absolute atomic E-state index is 12.3. The maximum atomic E-state index is 12.3. The van der Waals surface area contributed by atoms with E-state index >= 15 is 0 Å². The molecule has 1 saturated heterocycles. The average Bonchev–Trinajstić information content (AvgIpc) is 2.68. The third-order valence-electron chi connectivity index (χ3n) is 4.28. The summed E-state index contributed by atoms with van der Waals surface area (Å²) in [4.78, 5) is 16.9. The van der Waals surface area contributed by atoms with E-state index in [-0.39, 0.29) is 36.8 Å². The number of fused-ring (bicyclic) bond motifs is 1. The number of amides is 1. The number of nitrogens with one attached hydrogen (secondary N) is 2. The molecule has 1 fully saturated rings. The van der Waals surface area contributed by atoms with Gasteiger partial charge in [-0.05, 0) is 30.3 Å². The number of benzene rings is 1. The number of hydrogen-bond donors (Lipinski definition) is 2. The number of anilines is 1. The van der Waals surface area contributed by atoms with Crippen LogP contribution in [0.4, 0.5) is 5.82 Å². The Morgan fingerprint density at radius 3 is 2.79 bits per heavy atom. The van der Waals surface area contributed by atoms with Crippen molar-refractivity contribution in [2.45, 2.75) is 12.5 Å². The highest BCUT2D eigenvalue weighted by molar-refractivity contribution is 7.99. The molecule has 0 aliphatic carbocycles. The Morgan fingerprint density at radius 1 is 1.18 bits per heavy atom. The zero-order valence-electron chi connectivity index (χ0n) is 15.2. The van der Waals surface area contributed by atoms with Crippen LogP contribution in [0.15, 0.2) is 36.4 Å². The number of ether oxygens (including phenoxy) is 2. The van der Waals surface area contributed by atoms with E-state index in [1.807, 2.05) is 48.2 Å². The number of nitrogens with zero attached hydrogens (tertiary/aromatic N) is 1. The van der Waals surface area contributed by atoms with Crippen LogP contribution in [-0.4, -0.2) is 48.2 Å². The smallest absolute Gasteiger partial charge is 0.227 e. The SMILES string of the molecule is Cl.Cl.O=C(CC1CSCCN1)Nc1cccc(-c2ccc3c(c2)OCCO3)n1. The molecule has 1 aromatic heterocycles. The summed E-state index contributed by atoms with van der Waals surface area (Å²) in [6.07, 6.45) is 0.461. The molecule has 6 nitrogen and oxygen atoms in total. The second-order valence-corrected chi connectivity index (χ2v) is 7.39. The van der Waals surface area contributed by atoms with Crippen LogP contribution in [0.25, 0.3) is 11.3 Å². The lowest BCUT2D eigenvalue weighted by atomic mass is 10.1. The summed E-state index contributed by atoms with van der Waals surface area (Å²) in [6.45, 7) is 2.08. The van der Waals surface area contributed by atoms with Crippen molar-refractivity contribution in [1.29, 1.82) is 0 Å². The van der Waals surface area contributed by atoms with Crippen molar-refractivity contribution in [3.8, 4) is 22.8 Å². The van der Waals surface area contributed by atoms with Crippen molar-refractivity contribution in [2.24, 2.45) is 0 Å². The molecule has 0 saturated carbocycles.